The quantitative estimate of drug-likeness (QED) is 0.814. The van der Waals surface area contributed by atoms with Crippen molar-refractivity contribution in [1.29, 1.82) is 0 Å². The minimum Gasteiger partial charge on any atom is -0.395 e. The molecule has 1 aromatic heterocycles. The van der Waals surface area contributed by atoms with Crippen LogP contribution in [0.2, 0.25) is 0 Å². The summed E-state index contributed by atoms with van der Waals surface area (Å²) in [4.78, 5) is 4.34. The van der Waals surface area contributed by atoms with Crippen LogP contribution >= 0.6 is 11.3 Å². The first-order valence-electron chi connectivity index (χ1n) is 7.59. The van der Waals surface area contributed by atoms with E-state index in [4.69, 9.17) is 5.73 Å². The van der Waals surface area contributed by atoms with Gasteiger partial charge in [-0.2, -0.15) is 0 Å². The third-order valence-corrected chi connectivity index (χ3v) is 5.34. The fourth-order valence-corrected chi connectivity index (χ4v) is 3.83. The van der Waals surface area contributed by atoms with Crippen molar-refractivity contribution in [3.63, 3.8) is 0 Å². The minimum absolute atomic E-state index is 0.793. The molecule has 1 heterocycles. The van der Waals surface area contributed by atoms with Gasteiger partial charge in [0.05, 0.1) is 21.6 Å². The van der Waals surface area contributed by atoms with E-state index in [9.17, 15) is 0 Å². The molecule has 1 saturated carbocycles. The SMILES string of the molecule is CC1CCC(CCNc2ccc3scnc3c2N)CC1. The zero-order valence-electron chi connectivity index (χ0n) is 12.1. The summed E-state index contributed by atoms with van der Waals surface area (Å²) in [6.45, 7) is 3.39. The smallest absolute Gasteiger partial charge is 0.106 e. The summed E-state index contributed by atoms with van der Waals surface area (Å²) in [6, 6.07) is 4.19. The molecule has 3 N–H and O–H groups in total. The highest BCUT2D eigenvalue weighted by Gasteiger charge is 2.17. The number of rotatable bonds is 4. The van der Waals surface area contributed by atoms with Crippen molar-refractivity contribution < 1.29 is 0 Å². The Hall–Kier alpha value is -1.29. The lowest BCUT2D eigenvalue weighted by Gasteiger charge is -2.26. The molecule has 0 aliphatic heterocycles. The first-order chi connectivity index (χ1) is 9.74. The van der Waals surface area contributed by atoms with Crippen LogP contribution in [0.4, 0.5) is 11.4 Å². The fraction of sp³-hybridized carbons (Fsp3) is 0.562. The van der Waals surface area contributed by atoms with Crippen LogP contribution < -0.4 is 11.1 Å². The molecule has 1 aromatic carbocycles. The second-order valence-corrected chi connectivity index (χ2v) is 6.95. The lowest BCUT2D eigenvalue weighted by atomic mass is 9.81. The van der Waals surface area contributed by atoms with Gasteiger partial charge in [0.15, 0.2) is 0 Å². The first kappa shape index (κ1) is 13.7. The van der Waals surface area contributed by atoms with E-state index in [1.807, 2.05) is 5.51 Å². The third kappa shape index (κ3) is 2.90. The summed E-state index contributed by atoms with van der Waals surface area (Å²) in [5, 5.41) is 3.49. The Morgan fingerprint density at radius 3 is 2.90 bits per heavy atom. The Balaban J connectivity index is 1.56. The van der Waals surface area contributed by atoms with Crippen LogP contribution in [0.3, 0.4) is 0 Å². The maximum Gasteiger partial charge on any atom is 0.106 e. The number of nitrogens with zero attached hydrogens (tertiary/aromatic N) is 1. The number of nitrogens with one attached hydrogen (secondary N) is 1. The molecule has 1 aliphatic carbocycles. The monoisotopic (exact) mass is 289 g/mol. The molecule has 20 heavy (non-hydrogen) atoms. The summed E-state index contributed by atoms with van der Waals surface area (Å²) in [7, 11) is 0. The van der Waals surface area contributed by atoms with Crippen molar-refractivity contribution in [3.05, 3.63) is 17.6 Å². The lowest BCUT2D eigenvalue weighted by Crippen LogP contribution is -2.16. The largest absolute Gasteiger partial charge is 0.395 e. The minimum atomic E-state index is 0.793. The number of thiazole rings is 1. The molecule has 0 amide bonds. The molecule has 4 heteroatoms. The van der Waals surface area contributed by atoms with Crippen LogP contribution in [-0.2, 0) is 0 Å². The highest BCUT2D eigenvalue weighted by atomic mass is 32.1. The molecule has 1 aliphatic rings. The number of fused-ring (bicyclic) bond motifs is 1. The van der Waals surface area contributed by atoms with Gasteiger partial charge in [-0.05, 0) is 30.4 Å². The third-order valence-electron chi connectivity index (χ3n) is 4.54. The van der Waals surface area contributed by atoms with Crippen LogP contribution in [0, 0.1) is 11.8 Å². The second kappa shape index (κ2) is 6.00. The molecule has 3 rings (SSSR count). The molecule has 3 nitrogen and oxygen atoms in total. The van der Waals surface area contributed by atoms with Gasteiger partial charge < -0.3 is 11.1 Å². The first-order valence-corrected chi connectivity index (χ1v) is 8.47. The molecule has 0 atom stereocenters. The Bertz CT molecular complexity index is 570. The summed E-state index contributed by atoms with van der Waals surface area (Å²) in [5.41, 5.74) is 10.8. The van der Waals surface area contributed by atoms with E-state index in [1.165, 1.54) is 32.1 Å². The number of hydrogen-bond donors (Lipinski definition) is 2. The summed E-state index contributed by atoms with van der Waals surface area (Å²) < 4.78 is 1.16. The lowest BCUT2D eigenvalue weighted by molar-refractivity contribution is 0.282. The van der Waals surface area contributed by atoms with Crippen LogP contribution in [-0.4, -0.2) is 11.5 Å². The van der Waals surface area contributed by atoms with Crippen molar-refractivity contribution in [2.24, 2.45) is 11.8 Å². The number of hydrogen-bond acceptors (Lipinski definition) is 4. The molecule has 2 aromatic rings. The topological polar surface area (TPSA) is 50.9 Å². The van der Waals surface area contributed by atoms with E-state index in [1.54, 1.807) is 11.3 Å². The molecule has 0 unspecified atom stereocenters. The van der Waals surface area contributed by atoms with Crippen LogP contribution in [0.15, 0.2) is 17.6 Å². The zero-order chi connectivity index (χ0) is 13.9. The van der Waals surface area contributed by atoms with E-state index in [0.29, 0.717) is 0 Å². The maximum atomic E-state index is 6.18. The normalized spacial score (nSPS) is 23.1. The number of nitrogen functional groups attached to an aromatic ring is 1. The predicted octanol–water partition coefficient (Wildman–Crippen LogP) is 4.51. The number of aromatic nitrogens is 1. The summed E-state index contributed by atoms with van der Waals surface area (Å²) in [6.07, 6.45) is 6.84. The van der Waals surface area contributed by atoms with Crippen molar-refractivity contribution in [3.8, 4) is 0 Å². The van der Waals surface area contributed by atoms with E-state index >= 15 is 0 Å². The molecule has 1 fully saturated rings. The van der Waals surface area contributed by atoms with Gasteiger partial charge in [-0.25, -0.2) is 4.98 Å². The Morgan fingerprint density at radius 2 is 2.10 bits per heavy atom. The van der Waals surface area contributed by atoms with Crippen LogP contribution in [0.5, 0.6) is 0 Å². The van der Waals surface area contributed by atoms with Crippen LogP contribution in [0.1, 0.15) is 39.0 Å². The molecule has 0 bridgehead atoms. The van der Waals surface area contributed by atoms with Gasteiger partial charge in [-0.15, -0.1) is 11.3 Å². The molecular formula is C16H23N3S. The van der Waals surface area contributed by atoms with E-state index < -0.39 is 0 Å². The van der Waals surface area contributed by atoms with Crippen LogP contribution in [0.25, 0.3) is 10.2 Å². The number of benzene rings is 1. The van der Waals surface area contributed by atoms with Crippen molar-refractivity contribution in [1.82, 2.24) is 4.98 Å². The van der Waals surface area contributed by atoms with Crippen molar-refractivity contribution in [2.45, 2.75) is 39.0 Å². The Labute approximate surface area is 124 Å². The Kier molecular flexibility index (Phi) is 4.10. The van der Waals surface area contributed by atoms with Gasteiger partial charge in [0.25, 0.3) is 0 Å². The number of nitrogens with two attached hydrogens (primary N) is 1. The highest BCUT2D eigenvalue weighted by molar-refractivity contribution is 7.16. The van der Waals surface area contributed by atoms with E-state index in [0.717, 1.165) is 40.0 Å². The standard InChI is InChI=1S/C16H23N3S/c1-11-2-4-12(5-3-11)8-9-18-13-6-7-14-16(15(13)17)19-10-20-14/h6-7,10-12,18H,2-5,8-9,17H2,1H3. The van der Waals surface area contributed by atoms with Gasteiger partial charge in [-0.1, -0.05) is 32.6 Å². The molecule has 0 spiro atoms. The predicted molar refractivity (Wildman–Crippen MR) is 88.3 cm³/mol. The zero-order valence-corrected chi connectivity index (χ0v) is 12.9. The van der Waals surface area contributed by atoms with Gasteiger partial charge in [0, 0.05) is 6.54 Å². The van der Waals surface area contributed by atoms with Crippen molar-refractivity contribution >= 4 is 32.9 Å². The summed E-state index contributed by atoms with van der Waals surface area (Å²) >= 11 is 1.64. The maximum absolute atomic E-state index is 6.18. The Morgan fingerprint density at radius 1 is 1.30 bits per heavy atom. The van der Waals surface area contributed by atoms with Gasteiger partial charge >= 0.3 is 0 Å². The van der Waals surface area contributed by atoms with E-state index in [-0.39, 0.29) is 0 Å². The highest BCUT2D eigenvalue weighted by Crippen LogP contribution is 2.32. The van der Waals surface area contributed by atoms with Gasteiger partial charge in [0.1, 0.15) is 5.52 Å². The average Bonchev–Trinajstić information content (AvgIpc) is 2.93. The van der Waals surface area contributed by atoms with Gasteiger partial charge in [0.2, 0.25) is 0 Å². The number of anilines is 2. The van der Waals surface area contributed by atoms with Gasteiger partial charge in [-0.3, -0.25) is 0 Å². The molecule has 108 valence electrons. The fourth-order valence-electron chi connectivity index (χ4n) is 3.14. The van der Waals surface area contributed by atoms with Crippen molar-refractivity contribution in [2.75, 3.05) is 17.6 Å². The molecule has 0 radical (unpaired) electrons. The average molecular weight is 289 g/mol. The molecule has 0 saturated heterocycles. The summed E-state index contributed by atoms with van der Waals surface area (Å²) in [5.74, 6) is 1.82. The second-order valence-electron chi connectivity index (χ2n) is 6.07. The molecular weight excluding hydrogens is 266 g/mol. The van der Waals surface area contributed by atoms with E-state index in [2.05, 4.69) is 29.4 Å².